The van der Waals surface area contributed by atoms with Crippen LogP contribution in [0.5, 0.6) is 0 Å². The lowest BCUT2D eigenvalue weighted by Crippen LogP contribution is -2.52. The number of methoxy groups -OCH3 is 1. The van der Waals surface area contributed by atoms with Crippen molar-refractivity contribution >= 4 is 5.82 Å². The van der Waals surface area contributed by atoms with E-state index in [-0.39, 0.29) is 0 Å². The van der Waals surface area contributed by atoms with Crippen LogP contribution >= 0.6 is 0 Å². The Bertz CT molecular complexity index is 311. The van der Waals surface area contributed by atoms with Crippen LogP contribution in [0.4, 0.5) is 5.82 Å². The highest BCUT2D eigenvalue weighted by molar-refractivity contribution is 5.48. The first kappa shape index (κ1) is 9.36. The Morgan fingerprint density at radius 1 is 1.64 bits per heavy atom. The minimum atomic E-state index is 0.329. The van der Waals surface area contributed by atoms with Gasteiger partial charge in [0.15, 0.2) is 0 Å². The van der Waals surface area contributed by atoms with E-state index in [0.717, 1.165) is 24.5 Å². The first-order valence-corrected chi connectivity index (χ1v) is 4.62. The van der Waals surface area contributed by atoms with E-state index in [1.807, 2.05) is 0 Å². The summed E-state index contributed by atoms with van der Waals surface area (Å²) in [7, 11) is 1.73. The summed E-state index contributed by atoms with van der Waals surface area (Å²) in [6.45, 7) is 2.26. The summed E-state index contributed by atoms with van der Waals surface area (Å²) in [5, 5.41) is 0. The summed E-state index contributed by atoms with van der Waals surface area (Å²) in [6, 6.07) is 0. The lowest BCUT2D eigenvalue weighted by atomic mass is 10.1. The summed E-state index contributed by atoms with van der Waals surface area (Å²) in [5.41, 5.74) is 6.58. The van der Waals surface area contributed by atoms with E-state index in [1.54, 1.807) is 19.6 Å². The van der Waals surface area contributed by atoms with E-state index in [1.165, 1.54) is 0 Å². The van der Waals surface area contributed by atoms with Crippen LogP contribution in [0.15, 0.2) is 12.5 Å². The Kier molecular flexibility index (Phi) is 2.60. The summed E-state index contributed by atoms with van der Waals surface area (Å²) >= 11 is 0. The third-order valence-corrected chi connectivity index (χ3v) is 2.47. The van der Waals surface area contributed by atoms with Gasteiger partial charge in [0.05, 0.1) is 6.10 Å². The van der Waals surface area contributed by atoms with E-state index >= 15 is 0 Å². The van der Waals surface area contributed by atoms with Crippen molar-refractivity contribution in [2.75, 3.05) is 25.1 Å². The average molecular weight is 194 g/mol. The predicted molar refractivity (Wildman–Crippen MR) is 52.9 cm³/mol. The molecule has 5 heteroatoms. The molecule has 14 heavy (non-hydrogen) atoms. The van der Waals surface area contributed by atoms with E-state index in [0.29, 0.717) is 12.6 Å². The molecule has 0 atom stereocenters. The normalized spacial score (nSPS) is 16.9. The second-order valence-electron chi connectivity index (χ2n) is 3.34. The molecule has 1 aromatic rings. The van der Waals surface area contributed by atoms with Crippen LogP contribution in [0.1, 0.15) is 5.56 Å². The smallest absolute Gasteiger partial charge is 0.136 e. The summed E-state index contributed by atoms with van der Waals surface area (Å²) in [6.07, 6.45) is 3.65. The van der Waals surface area contributed by atoms with Gasteiger partial charge >= 0.3 is 0 Å². The fourth-order valence-electron chi connectivity index (χ4n) is 1.54. The third-order valence-electron chi connectivity index (χ3n) is 2.47. The first-order valence-electron chi connectivity index (χ1n) is 4.62. The number of nitrogens with two attached hydrogens (primary N) is 1. The maximum absolute atomic E-state index is 5.60. The molecule has 1 aromatic heterocycles. The number of ether oxygens (including phenoxy) is 1. The standard InChI is InChI=1S/C9H14N4O/c1-14-8-4-13(5-8)9-7(2-10)3-11-6-12-9/h3,6,8H,2,4-5,10H2,1H3. The first-order chi connectivity index (χ1) is 6.85. The molecule has 0 bridgehead atoms. The summed E-state index contributed by atoms with van der Waals surface area (Å²) in [5.74, 6) is 0.941. The zero-order valence-corrected chi connectivity index (χ0v) is 8.18. The maximum Gasteiger partial charge on any atom is 0.136 e. The fraction of sp³-hybridized carbons (Fsp3) is 0.556. The number of hydrogen-bond acceptors (Lipinski definition) is 5. The van der Waals surface area contributed by atoms with Crippen molar-refractivity contribution in [2.45, 2.75) is 12.6 Å². The second-order valence-corrected chi connectivity index (χ2v) is 3.34. The zero-order chi connectivity index (χ0) is 9.97. The Labute approximate surface area is 82.9 Å². The van der Waals surface area contributed by atoms with Crippen LogP contribution in [0, 0.1) is 0 Å². The minimum Gasteiger partial charge on any atom is -0.378 e. The van der Waals surface area contributed by atoms with Gasteiger partial charge < -0.3 is 15.4 Å². The van der Waals surface area contributed by atoms with Crippen molar-refractivity contribution < 1.29 is 4.74 Å². The number of rotatable bonds is 3. The molecule has 0 aliphatic carbocycles. The van der Waals surface area contributed by atoms with Crippen LogP contribution in [0.3, 0.4) is 0 Å². The van der Waals surface area contributed by atoms with Crippen molar-refractivity contribution in [3.63, 3.8) is 0 Å². The van der Waals surface area contributed by atoms with E-state index < -0.39 is 0 Å². The molecule has 1 saturated heterocycles. The molecule has 76 valence electrons. The molecule has 0 spiro atoms. The number of nitrogens with zero attached hydrogens (tertiary/aromatic N) is 3. The van der Waals surface area contributed by atoms with Crippen molar-refractivity contribution in [1.29, 1.82) is 0 Å². The van der Waals surface area contributed by atoms with Gasteiger partial charge in [0.2, 0.25) is 0 Å². The van der Waals surface area contributed by atoms with Gasteiger partial charge in [0, 0.05) is 38.5 Å². The maximum atomic E-state index is 5.60. The van der Waals surface area contributed by atoms with Crippen LogP contribution < -0.4 is 10.6 Å². The lowest BCUT2D eigenvalue weighted by Gasteiger charge is -2.39. The van der Waals surface area contributed by atoms with Crippen molar-refractivity contribution in [3.8, 4) is 0 Å². The highest BCUT2D eigenvalue weighted by atomic mass is 16.5. The van der Waals surface area contributed by atoms with Crippen molar-refractivity contribution in [3.05, 3.63) is 18.1 Å². The Balaban J connectivity index is 2.10. The SMILES string of the molecule is COC1CN(c2ncncc2CN)C1. The Hall–Kier alpha value is -1.20. The van der Waals surface area contributed by atoms with Gasteiger partial charge in [-0.1, -0.05) is 0 Å². The minimum absolute atomic E-state index is 0.329. The third kappa shape index (κ3) is 1.56. The van der Waals surface area contributed by atoms with Gasteiger partial charge in [0.25, 0.3) is 0 Å². The number of anilines is 1. The van der Waals surface area contributed by atoms with Gasteiger partial charge in [0.1, 0.15) is 12.1 Å². The van der Waals surface area contributed by atoms with Gasteiger partial charge in [-0.25, -0.2) is 9.97 Å². The quantitative estimate of drug-likeness (QED) is 0.720. The molecule has 5 nitrogen and oxygen atoms in total. The van der Waals surface area contributed by atoms with Crippen LogP contribution in [0.25, 0.3) is 0 Å². The van der Waals surface area contributed by atoms with E-state index in [9.17, 15) is 0 Å². The monoisotopic (exact) mass is 194 g/mol. The number of aromatic nitrogens is 2. The molecule has 2 heterocycles. The largest absolute Gasteiger partial charge is 0.378 e. The zero-order valence-electron chi connectivity index (χ0n) is 8.18. The molecule has 1 aliphatic heterocycles. The Morgan fingerprint density at radius 2 is 2.43 bits per heavy atom. The average Bonchev–Trinajstić information content (AvgIpc) is 2.17. The predicted octanol–water partition coefficient (Wildman–Crippen LogP) is -0.230. The highest BCUT2D eigenvalue weighted by Crippen LogP contribution is 2.22. The van der Waals surface area contributed by atoms with Crippen molar-refractivity contribution in [2.24, 2.45) is 5.73 Å². The molecule has 0 amide bonds. The molecular weight excluding hydrogens is 180 g/mol. The van der Waals surface area contributed by atoms with Crippen LogP contribution in [-0.2, 0) is 11.3 Å². The van der Waals surface area contributed by atoms with E-state index in [4.69, 9.17) is 10.5 Å². The van der Waals surface area contributed by atoms with Gasteiger partial charge in [-0.15, -0.1) is 0 Å². The van der Waals surface area contributed by atoms with Gasteiger partial charge in [-0.05, 0) is 0 Å². The molecule has 2 rings (SSSR count). The topological polar surface area (TPSA) is 64.3 Å². The van der Waals surface area contributed by atoms with Gasteiger partial charge in [-0.3, -0.25) is 0 Å². The fourth-order valence-corrected chi connectivity index (χ4v) is 1.54. The second kappa shape index (κ2) is 3.89. The number of hydrogen-bond donors (Lipinski definition) is 1. The molecule has 0 aromatic carbocycles. The molecular formula is C9H14N4O. The van der Waals surface area contributed by atoms with Crippen LogP contribution in [-0.4, -0.2) is 36.3 Å². The summed E-state index contributed by atoms with van der Waals surface area (Å²) in [4.78, 5) is 10.3. The molecule has 2 N–H and O–H groups in total. The van der Waals surface area contributed by atoms with Crippen molar-refractivity contribution in [1.82, 2.24) is 9.97 Å². The molecule has 0 saturated carbocycles. The molecule has 1 fully saturated rings. The Morgan fingerprint density at radius 3 is 3.07 bits per heavy atom. The molecule has 0 radical (unpaired) electrons. The highest BCUT2D eigenvalue weighted by Gasteiger charge is 2.28. The molecule has 1 aliphatic rings. The molecule has 0 unspecified atom stereocenters. The lowest BCUT2D eigenvalue weighted by molar-refractivity contribution is 0.0782. The van der Waals surface area contributed by atoms with Crippen LogP contribution in [0.2, 0.25) is 0 Å². The summed E-state index contributed by atoms with van der Waals surface area (Å²) < 4.78 is 5.20. The van der Waals surface area contributed by atoms with E-state index in [2.05, 4.69) is 14.9 Å². The van der Waals surface area contributed by atoms with Gasteiger partial charge in [-0.2, -0.15) is 0 Å².